The number of nitrogens with zero attached hydrogens (tertiary/aromatic N) is 2. The van der Waals surface area contributed by atoms with Gasteiger partial charge in [0.2, 0.25) is 5.91 Å². The summed E-state index contributed by atoms with van der Waals surface area (Å²) in [6.45, 7) is 3.34. The van der Waals surface area contributed by atoms with E-state index in [1.165, 1.54) is 0 Å². The number of likely N-dealkylation sites (tertiary alicyclic amines) is 1. The maximum Gasteiger partial charge on any atom is 0.253 e. The minimum absolute atomic E-state index is 0.0214. The minimum Gasteiger partial charge on any atom is -0.338 e. The molecule has 0 aliphatic carbocycles. The molecule has 6 heteroatoms. The fourth-order valence-electron chi connectivity index (χ4n) is 3.98. The van der Waals surface area contributed by atoms with Gasteiger partial charge >= 0.3 is 0 Å². The van der Waals surface area contributed by atoms with E-state index in [2.05, 4.69) is 5.32 Å². The topological polar surface area (TPSA) is 52.7 Å². The van der Waals surface area contributed by atoms with E-state index >= 15 is 0 Å². The lowest BCUT2D eigenvalue weighted by molar-refractivity contribution is -0.128. The predicted molar refractivity (Wildman–Crippen MR) is 109 cm³/mol. The lowest BCUT2D eigenvalue weighted by Crippen LogP contribution is -2.48. The van der Waals surface area contributed by atoms with Crippen molar-refractivity contribution < 1.29 is 9.59 Å². The normalized spacial score (nSPS) is 19.9. The molecule has 0 bridgehead atoms. The van der Waals surface area contributed by atoms with Gasteiger partial charge in [0.05, 0.1) is 6.04 Å². The maximum atomic E-state index is 13.1. The van der Waals surface area contributed by atoms with Crippen LogP contribution in [0.1, 0.15) is 40.4 Å². The van der Waals surface area contributed by atoms with Gasteiger partial charge in [0, 0.05) is 49.7 Å². The van der Waals surface area contributed by atoms with E-state index in [0.29, 0.717) is 36.6 Å². The summed E-state index contributed by atoms with van der Waals surface area (Å²) in [7, 11) is 0. The number of carbonyl (C=O) groups excluding carboxylic acids is 2. The van der Waals surface area contributed by atoms with Gasteiger partial charge in [-0.1, -0.05) is 41.9 Å². The first-order valence-electron chi connectivity index (χ1n) is 9.75. The second-order valence-electron chi connectivity index (χ2n) is 7.40. The molecule has 28 heavy (non-hydrogen) atoms. The summed E-state index contributed by atoms with van der Waals surface area (Å²) in [6.07, 6.45) is 1.55. The molecule has 2 saturated heterocycles. The number of halogens is 1. The zero-order valence-electron chi connectivity index (χ0n) is 15.7. The van der Waals surface area contributed by atoms with E-state index in [9.17, 15) is 9.59 Å². The summed E-state index contributed by atoms with van der Waals surface area (Å²) in [5.74, 6) is 0.217. The molecule has 2 fully saturated rings. The van der Waals surface area contributed by atoms with Crippen molar-refractivity contribution in [2.24, 2.45) is 0 Å². The molecule has 146 valence electrons. The summed E-state index contributed by atoms with van der Waals surface area (Å²) in [4.78, 5) is 28.7. The molecule has 0 spiro atoms. The van der Waals surface area contributed by atoms with Gasteiger partial charge < -0.3 is 15.1 Å². The zero-order valence-corrected chi connectivity index (χ0v) is 16.5. The monoisotopic (exact) mass is 397 g/mol. The Kier molecular flexibility index (Phi) is 5.64. The van der Waals surface area contributed by atoms with Crippen LogP contribution in [0.2, 0.25) is 5.02 Å². The Balaban J connectivity index is 1.47. The Bertz CT molecular complexity index is 886. The van der Waals surface area contributed by atoms with Gasteiger partial charge in [-0.3, -0.25) is 9.59 Å². The van der Waals surface area contributed by atoms with Crippen molar-refractivity contribution >= 4 is 23.4 Å². The molecule has 5 nitrogen and oxygen atoms in total. The van der Waals surface area contributed by atoms with E-state index in [1.807, 2.05) is 58.3 Å². The van der Waals surface area contributed by atoms with Gasteiger partial charge in [-0.25, -0.2) is 0 Å². The molecule has 2 heterocycles. The third-order valence-corrected chi connectivity index (χ3v) is 5.81. The number of hydrogen-bond donors (Lipinski definition) is 1. The molecule has 2 aliphatic heterocycles. The summed E-state index contributed by atoms with van der Waals surface area (Å²) >= 11 is 6.34. The predicted octanol–water partition coefficient (Wildman–Crippen LogP) is 3.25. The molecule has 2 aromatic carbocycles. The molecular weight excluding hydrogens is 374 g/mol. The molecular formula is C22H24ClN3O2. The second kappa shape index (κ2) is 8.33. The molecule has 0 saturated carbocycles. The van der Waals surface area contributed by atoms with Crippen LogP contribution < -0.4 is 5.32 Å². The Morgan fingerprint density at radius 1 is 1.14 bits per heavy atom. The summed E-state index contributed by atoms with van der Waals surface area (Å²) in [5, 5.41) is 4.17. The second-order valence-corrected chi connectivity index (χ2v) is 7.81. The molecule has 1 N–H and O–H groups in total. The van der Waals surface area contributed by atoms with Gasteiger partial charge in [-0.2, -0.15) is 0 Å². The average Bonchev–Trinajstić information content (AvgIpc) is 3.12. The van der Waals surface area contributed by atoms with Crippen LogP contribution in [0, 0.1) is 0 Å². The first kappa shape index (κ1) is 19.0. The fourth-order valence-corrected chi connectivity index (χ4v) is 4.24. The van der Waals surface area contributed by atoms with Crippen molar-refractivity contribution in [3.63, 3.8) is 0 Å². The Morgan fingerprint density at radius 2 is 2.00 bits per heavy atom. The molecule has 2 amide bonds. The summed E-state index contributed by atoms with van der Waals surface area (Å²) in [6, 6.07) is 15.4. The van der Waals surface area contributed by atoms with Gasteiger partial charge in [0.1, 0.15) is 0 Å². The molecule has 1 unspecified atom stereocenters. The molecule has 1 atom stereocenters. The lowest BCUT2D eigenvalue weighted by Gasteiger charge is -2.34. The highest BCUT2D eigenvalue weighted by Gasteiger charge is 2.26. The maximum absolute atomic E-state index is 13.1. The Hall–Kier alpha value is -2.37. The van der Waals surface area contributed by atoms with Crippen molar-refractivity contribution in [1.82, 2.24) is 15.1 Å². The number of carbonyl (C=O) groups is 2. The summed E-state index contributed by atoms with van der Waals surface area (Å²) in [5.41, 5.74) is 2.69. The third-order valence-electron chi connectivity index (χ3n) is 5.46. The zero-order chi connectivity index (χ0) is 19.5. The van der Waals surface area contributed by atoms with Crippen molar-refractivity contribution in [3.8, 4) is 0 Å². The number of piperazine rings is 1. The van der Waals surface area contributed by atoms with Crippen molar-refractivity contribution in [3.05, 3.63) is 70.2 Å². The van der Waals surface area contributed by atoms with Crippen LogP contribution in [0.25, 0.3) is 0 Å². The SMILES string of the molecule is O=C1CCCN1Cc1cccc(C(=O)N2CCNC(c3ccccc3Cl)C2)c1. The highest BCUT2D eigenvalue weighted by Crippen LogP contribution is 2.25. The largest absolute Gasteiger partial charge is 0.338 e. The van der Waals surface area contributed by atoms with Crippen LogP contribution in [0.15, 0.2) is 48.5 Å². The van der Waals surface area contributed by atoms with Gasteiger partial charge in [-0.15, -0.1) is 0 Å². The van der Waals surface area contributed by atoms with E-state index in [1.54, 1.807) is 0 Å². The van der Waals surface area contributed by atoms with Gasteiger partial charge in [0.25, 0.3) is 5.91 Å². The highest BCUT2D eigenvalue weighted by atomic mass is 35.5. The average molecular weight is 398 g/mol. The number of benzene rings is 2. The van der Waals surface area contributed by atoms with E-state index in [4.69, 9.17) is 11.6 Å². The molecule has 0 aromatic heterocycles. The van der Waals surface area contributed by atoms with Crippen LogP contribution in [0.4, 0.5) is 0 Å². The van der Waals surface area contributed by atoms with Crippen LogP contribution in [0.5, 0.6) is 0 Å². The van der Waals surface area contributed by atoms with Crippen molar-refractivity contribution in [2.75, 3.05) is 26.2 Å². The number of rotatable bonds is 4. The lowest BCUT2D eigenvalue weighted by atomic mass is 10.0. The summed E-state index contributed by atoms with van der Waals surface area (Å²) < 4.78 is 0. The van der Waals surface area contributed by atoms with E-state index < -0.39 is 0 Å². The van der Waals surface area contributed by atoms with Crippen LogP contribution in [0.3, 0.4) is 0 Å². The first-order chi connectivity index (χ1) is 13.6. The smallest absolute Gasteiger partial charge is 0.253 e. The quantitative estimate of drug-likeness (QED) is 0.861. The highest BCUT2D eigenvalue weighted by molar-refractivity contribution is 6.31. The molecule has 2 aromatic rings. The Labute approximate surface area is 170 Å². The molecule has 0 radical (unpaired) electrons. The fraction of sp³-hybridized carbons (Fsp3) is 0.364. The third kappa shape index (κ3) is 4.05. The standard InChI is InChI=1S/C22H24ClN3O2/c23-19-8-2-1-7-18(19)20-15-26(12-10-24-20)22(28)17-6-3-5-16(13-17)14-25-11-4-9-21(25)27/h1-3,5-8,13,20,24H,4,9-12,14-15H2. The number of hydrogen-bond acceptors (Lipinski definition) is 3. The van der Waals surface area contributed by atoms with Crippen LogP contribution in [-0.4, -0.2) is 47.8 Å². The van der Waals surface area contributed by atoms with Gasteiger partial charge in [0.15, 0.2) is 0 Å². The van der Waals surface area contributed by atoms with Crippen molar-refractivity contribution in [1.29, 1.82) is 0 Å². The van der Waals surface area contributed by atoms with Crippen LogP contribution >= 0.6 is 11.6 Å². The van der Waals surface area contributed by atoms with Crippen LogP contribution in [-0.2, 0) is 11.3 Å². The number of nitrogens with one attached hydrogen (secondary N) is 1. The molecule has 2 aliphatic rings. The first-order valence-corrected chi connectivity index (χ1v) is 10.1. The van der Waals surface area contributed by atoms with Gasteiger partial charge in [-0.05, 0) is 35.7 Å². The number of amides is 2. The minimum atomic E-state index is 0.0214. The van der Waals surface area contributed by atoms with E-state index in [-0.39, 0.29) is 17.9 Å². The Morgan fingerprint density at radius 3 is 2.79 bits per heavy atom. The molecule has 4 rings (SSSR count). The van der Waals surface area contributed by atoms with Crippen molar-refractivity contribution in [2.45, 2.75) is 25.4 Å². The van der Waals surface area contributed by atoms with E-state index in [0.717, 1.165) is 30.6 Å².